The number of likely N-dealkylation sites (N-methyl/N-ethyl adjacent to an activating group) is 1. The SMILES string of the molecule is CN1CC=CC2=C1CC(c1ccccc1)=CC2. The summed E-state index contributed by atoms with van der Waals surface area (Å²) in [5.74, 6) is 0. The average molecular weight is 223 g/mol. The van der Waals surface area contributed by atoms with Crippen LogP contribution in [0.5, 0.6) is 0 Å². The van der Waals surface area contributed by atoms with Gasteiger partial charge >= 0.3 is 0 Å². The van der Waals surface area contributed by atoms with Gasteiger partial charge < -0.3 is 4.90 Å². The molecule has 0 spiro atoms. The van der Waals surface area contributed by atoms with Crippen molar-refractivity contribution in [3.8, 4) is 0 Å². The van der Waals surface area contributed by atoms with Gasteiger partial charge in [0, 0.05) is 25.7 Å². The van der Waals surface area contributed by atoms with Gasteiger partial charge in [-0.15, -0.1) is 0 Å². The summed E-state index contributed by atoms with van der Waals surface area (Å²) in [6.07, 6.45) is 9.05. The van der Waals surface area contributed by atoms with E-state index in [4.69, 9.17) is 0 Å². The van der Waals surface area contributed by atoms with E-state index in [9.17, 15) is 0 Å². The third-order valence-corrected chi connectivity index (χ3v) is 3.60. The van der Waals surface area contributed by atoms with Gasteiger partial charge in [-0.1, -0.05) is 48.6 Å². The maximum atomic E-state index is 2.37. The van der Waals surface area contributed by atoms with Gasteiger partial charge in [0.05, 0.1) is 0 Å². The Balaban J connectivity index is 1.89. The highest BCUT2D eigenvalue weighted by Crippen LogP contribution is 2.34. The van der Waals surface area contributed by atoms with Crippen molar-refractivity contribution in [2.45, 2.75) is 12.8 Å². The molecule has 1 aliphatic carbocycles. The third-order valence-electron chi connectivity index (χ3n) is 3.60. The topological polar surface area (TPSA) is 3.24 Å². The zero-order valence-electron chi connectivity index (χ0n) is 10.2. The summed E-state index contributed by atoms with van der Waals surface area (Å²) >= 11 is 0. The van der Waals surface area contributed by atoms with Crippen LogP contribution in [0.4, 0.5) is 0 Å². The predicted octanol–water partition coefficient (Wildman–Crippen LogP) is 3.62. The lowest BCUT2D eigenvalue weighted by molar-refractivity contribution is 0.442. The van der Waals surface area contributed by atoms with Crippen LogP contribution in [0.15, 0.2) is 59.8 Å². The number of benzene rings is 1. The van der Waals surface area contributed by atoms with Crippen LogP contribution in [0, 0.1) is 0 Å². The first-order valence-electron chi connectivity index (χ1n) is 6.19. The molecule has 0 unspecified atom stereocenters. The van der Waals surface area contributed by atoms with Crippen molar-refractivity contribution in [3.05, 3.63) is 65.4 Å². The van der Waals surface area contributed by atoms with Crippen molar-refractivity contribution in [2.24, 2.45) is 0 Å². The summed E-state index contributed by atoms with van der Waals surface area (Å²) in [4.78, 5) is 2.37. The molecule has 86 valence electrons. The summed E-state index contributed by atoms with van der Waals surface area (Å²) in [6, 6.07) is 10.7. The van der Waals surface area contributed by atoms with Gasteiger partial charge in [-0.05, 0) is 23.1 Å². The molecule has 0 saturated carbocycles. The second-order valence-corrected chi connectivity index (χ2v) is 4.73. The quantitative estimate of drug-likeness (QED) is 0.703. The van der Waals surface area contributed by atoms with Crippen LogP contribution in [0.25, 0.3) is 5.57 Å². The number of allylic oxidation sites excluding steroid dienone is 4. The van der Waals surface area contributed by atoms with Gasteiger partial charge in [0.1, 0.15) is 0 Å². The molecule has 0 N–H and O–H groups in total. The van der Waals surface area contributed by atoms with Gasteiger partial charge in [0.15, 0.2) is 0 Å². The molecule has 1 aliphatic heterocycles. The summed E-state index contributed by atoms with van der Waals surface area (Å²) in [6.45, 7) is 1.04. The first kappa shape index (κ1) is 10.4. The van der Waals surface area contributed by atoms with Gasteiger partial charge in [0.2, 0.25) is 0 Å². The third kappa shape index (κ3) is 1.93. The van der Waals surface area contributed by atoms with E-state index in [2.05, 4.69) is 60.5 Å². The van der Waals surface area contributed by atoms with Crippen LogP contribution < -0.4 is 0 Å². The van der Waals surface area contributed by atoms with Gasteiger partial charge in [-0.2, -0.15) is 0 Å². The van der Waals surface area contributed by atoms with E-state index in [0.717, 1.165) is 19.4 Å². The van der Waals surface area contributed by atoms with Crippen molar-refractivity contribution in [1.29, 1.82) is 0 Å². The van der Waals surface area contributed by atoms with E-state index in [1.54, 1.807) is 0 Å². The predicted molar refractivity (Wildman–Crippen MR) is 72.4 cm³/mol. The van der Waals surface area contributed by atoms with Crippen LogP contribution in [-0.2, 0) is 0 Å². The van der Waals surface area contributed by atoms with E-state index in [1.165, 1.54) is 22.4 Å². The Bertz CT molecular complexity index is 506. The van der Waals surface area contributed by atoms with Gasteiger partial charge in [0.25, 0.3) is 0 Å². The summed E-state index contributed by atoms with van der Waals surface area (Å²) in [7, 11) is 2.19. The molecule has 1 aromatic rings. The molecule has 1 nitrogen and oxygen atoms in total. The molecule has 1 heterocycles. The molecule has 3 rings (SSSR count). The Kier molecular flexibility index (Phi) is 2.60. The molecule has 0 fully saturated rings. The average Bonchev–Trinajstić information content (AvgIpc) is 2.40. The zero-order valence-corrected chi connectivity index (χ0v) is 10.2. The molecule has 0 saturated heterocycles. The van der Waals surface area contributed by atoms with Crippen LogP contribution >= 0.6 is 0 Å². The Morgan fingerprint density at radius 2 is 1.94 bits per heavy atom. The summed E-state index contributed by atoms with van der Waals surface area (Å²) < 4.78 is 0. The van der Waals surface area contributed by atoms with Crippen LogP contribution in [0.3, 0.4) is 0 Å². The van der Waals surface area contributed by atoms with E-state index < -0.39 is 0 Å². The molecule has 0 atom stereocenters. The zero-order chi connectivity index (χ0) is 11.7. The molecule has 0 amide bonds. The molecule has 1 aromatic carbocycles. The molecular formula is C16H17N. The van der Waals surface area contributed by atoms with Crippen LogP contribution in [-0.4, -0.2) is 18.5 Å². The van der Waals surface area contributed by atoms with E-state index in [-0.39, 0.29) is 0 Å². The number of nitrogens with zero attached hydrogens (tertiary/aromatic N) is 1. The number of rotatable bonds is 1. The first-order valence-corrected chi connectivity index (χ1v) is 6.19. The van der Waals surface area contributed by atoms with Gasteiger partial charge in [-0.25, -0.2) is 0 Å². The lowest BCUT2D eigenvalue weighted by atomic mass is 9.89. The second kappa shape index (κ2) is 4.25. The van der Waals surface area contributed by atoms with E-state index in [0.29, 0.717) is 0 Å². The molecule has 17 heavy (non-hydrogen) atoms. The molecule has 2 aliphatic rings. The van der Waals surface area contributed by atoms with E-state index >= 15 is 0 Å². The Hall–Kier alpha value is -1.76. The first-order chi connectivity index (χ1) is 8.34. The second-order valence-electron chi connectivity index (χ2n) is 4.73. The van der Waals surface area contributed by atoms with Crippen LogP contribution in [0.2, 0.25) is 0 Å². The summed E-state index contributed by atoms with van der Waals surface area (Å²) in [5.41, 5.74) is 5.81. The minimum absolute atomic E-state index is 1.04. The molecule has 0 bridgehead atoms. The number of hydrogen-bond acceptors (Lipinski definition) is 1. The lowest BCUT2D eigenvalue weighted by Crippen LogP contribution is -2.23. The van der Waals surface area contributed by atoms with Crippen molar-refractivity contribution >= 4 is 5.57 Å². The van der Waals surface area contributed by atoms with Crippen LogP contribution in [0.1, 0.15) is 18.4 Å². The fraction of sp³-hybridized carbons (Fsp3) is 0.250. The number of hydrogen-bond donors (Lipinski definition) is 0. The van der Waals surface area contributed by atoms with Crippen molar-refractivity contribution < 1.29 is 0 Å². The molecule has 0 aromatic heterocycles. The normalized spacial score (nSPS) is 19.1. The fourth-order valence-electron chi connectivity index (χ4n) is 2.60. The highest BCUT2D eigenvalue weighted by molar-refractivity contribution is 5.70. The van der Waals surface area contributed by atoms with Crippen molar-refractivity contribution in [3.63, 3.8) is 0 Å². The lowest BCUT2D eigenvalue weighted by Gasteiger charge is -2.30. The molecule has 1 heteroatoms. The van der Waals surface area contributed by atoms with Gasteiger partial charge in [-0.3, -0.25) is 0 Å². The monoisotopic (exact) mass is 223 g/mol. The maximum absolute atomic E-state index is 2.37. The Labute approximate surface area is 103 Å². The minimum atomic E-state index is 1.04. The van der Waals surface area contributed by atoms with Crippen molar-refractivity contribution in [1.82, 2.24) is 4.90 Å². The Morgan fingerprint density at radius 1 is 1.12 bits per heavy atom. The molecule has 0 radical (unpaired) electrons. The minimum Gasteiger partial charge on any atom is -0.374 e. The Morgan fingerprint density at radius 3 is 2.76 bits per heavy atom. The van der Waals surface area contributed by atoms with Crippen molar-refractivity contribution in [2.75, 3.05) is 13.6 Å². The standard InChI is InChI=1S/C16H17N/c1-17-11-5-8-14-9-10-15(12-16(14)17)13-6-3-2-4-7-13/h2-8,10H,9,11-12H2,1H3. The highest BCUT2D eigenvalue weighted by Gasteiger charge is 2.18. The largest absolute Gasteiger partial charge is 0.374 e. The fourth-order valence-corrected chi connectivity index (χ4v) is 2.60. The summed E-state index contributed by atoms with van der Waals surface area (Å²) in [5, 5.41) is 0. The smallest absolute Gasteiger partial charge is 0.0356 e. The molecular weight excluding hydrogens is 206 g/mol. The van der Waals surface area contributed by atoms with E-state index in [1.807, 2.05) is 0 Å². The maximum Gasteiger partial charge on any atom is 0.0356 e. The highest BCUT2D eigenvalue weighted by atomic mass is 15.1.